The molecule has 0 spiro atoms. The molecule has 1 aromatic heterocycles. The van der Waals surface area contributed by atoms with Crippen molar-refractivity contribution >= 4 is 34.4 Å². The Balaban J connectivity index is 1.62. The number of fused-ring (bicyclic) bond motifs is 1. The van der Waals surface area contributed by atoms with E-state index in [4.69, 9.17) is 4.74 Å². The van der Waals surface area contributed by atoms with Gasteiger partial charge in [-0.3, -0.25) is 19.7 Å². The summed E-state index contributed by atoms with van der Waals surface area (Å²) in [4.78, 5) is 50.6. The third-order valence-electron chi connectivity index (χ3n) is 5.08. The van der Waals surface area contributed by atoms with Crippen molar-refractivity contribution in [3.05, 3.63) is 109 Å². The fourth-order valence-corrected chi connectivity index (χ4v) is 3.30. The Bertz CT molecular complexity index is 1590. The number of benzene rings is 3. The number of rotatable bonds is 7. The summed E-state index contributed by atoms with van der Waals surface area (Å²) < 4.78 is 6.17. The number of nitro groups is 1. The Hall–Kier alpha value is -5.06. The second-order valence-electron chi connectivity index (χ2n) is 7.47. The maximum atomic E-state index is 12.7. The number of H-pyrrole nitrogens is 1. The maximum absolute atomic E-state index is 12.7. The molecule has 35 heavy (non-hydrogen) atoms. The lowest BCUT2D eigenvalue weighted by Crippen LogP contribution is -2.32. The van der Waals surface area contributed by atoms with Gasteiger partial charge in [-0.25, -0.2) is 4.79 Å². The first kappa shape index (κ1) is 23.1. The number of non-ortho nitro benzene ring substituents is 1. The number of anilines is 1. The summed E-state index contributed by atoms with van der Waals surface area (Å²) >= 11 is 0. The smallest absolute Gasteiger partial charge is 0.349 e. The first-order valence-electron chi connectivity index (χ1n) is 10.4. The molecule has 11 nitrogen and oxygen atoms in total. The van der Waals surface area contributed by atoms with Crippen molar-refractivity contribution in [1.29, 1.82) is 0 Å². The molecule has 176 valence electrons. The zero-order chi connectivity index (χ0) is 24.9. The van der Waals surface area contributed by atoms with Crippen LogP contribution in [0.4, 0.5) is 11.4 Å². The Morgan fingerprint density at radius 2 is 1.89 bits per heavy atom. The third kappa shape index (κ3) is 5.14. The van der Waals surface area contributed by atoms with E-state index in [1.165, 1.54) is 24.3 Å². The molecule has 1 heterocycles. The van der Waals surface area contributed by atoms with Crippen molar-refractivity contribution in [2.24, 2.45) is 5.10 Å². The van der Waals surface area contributed by atoms with Crippen LogP contribution in [0.15, 0.2) is 81.4 Å². The lowest BCUT2D eigenvalue weighted by atomic mass is 10.2. The number of para-hydroxylation sites is 2. The Kier molecular flexibility index (Phi) is 6.49. The van der Waals surface area contributed by atoms with Crippen molar-refractivity contribution in [3.63, 3.8) is 0 Å². The van der Waals surface area contributed by atoms with Crippen LogP contribution in [0.1, 0.15) is 11.1 Å². The summed E-state index contributed by atoms with van der Waals surface area (Å²) in [6.07, 6.45) is 1.09. The molecule has 0 saturated carbocycles. The van der Waals surface area contributed by atoms with E-state index in [1.54, 1.807) is 30.3 Å². The highest BCUT2D eigenvalue weighted by molar-refractivity contribution is 5.93. The number of nitrogens with one attached hydrogen (secondary N) is 2. The molecule has 2 N–H and O–H groups in total. The van der Waals surface area contributed by atoms with Crippen LogP contribution >= 0.6 is 0 Å². The maximum Gasteiger partial charge on any atom is 0.349 e. The average Bonchev–Trinajstić information content (AvgIpc) is 2.84. The van der Waals surface area contributed by atoms with Gasteiger partial charge in [0.15, 0.2) is 6.61 Å². The predicted molar refractivity (Wildman–Crippen MR) is 130 cm³/mol. The van der Waals surface area contributed by atoms with E-state index in [-0.39, 0.29) is 29.0 Å². The molecular weight excluding hydrogens is 454 g/mol. The molecule has 0 atom stereocenters. The minimum absolute atomic E-state index is 0.0994. The Morgan fingerprint density at radius 3 is 2.66 bits per heavy atom. The van der Waals surface area contributed by atoms with Gasteiger partial charge in [-0.1, -0.05) is 30.3 Å². The molecule has 4 aromatic rings. The number of carbonyl (C=O) groups is 1. The zero-order valence-corrected chi connectivity index (χ0v) is 18.4. The molecule has 0 bridgehead atoms. The van der Waals surface area contributed by atoms with Crippen LogP contribution in [0.2, 0.25) is 0 Å². The van der Waals surface area contributed by atoms with Gasteiger partial charge in [0.2, 0.25) is 0 Å². The Labute approximate surface area is 197 Å². The van der Waals surface area contributed by atoms with E-state index in [0.29, 0.717) is 15.9 Å². The Morgan fingerprint density at radius 1 is 1.14 bits per heavy atom. The number of hydrogen-bond acceptors (Lipinski definition) is 7. The van der Waals surface area contributed by atoms with E-state index in [1.807, 2.05) is 19.1 Å². The summed E-state index contributed by atoms with van der Waals surface area (Å²) in [7, 11) is 0. The molecule has 0 aliphatic rings. The molecule has 1 amide bonds. The van der Waals surface area contributed by atoms with Crippen LogP contribution in [-0.4, -0.2) is 33.3 Å². The number of aryl methyl sites for hydroxylation is 1. The van der Waals surface area contributed by atoms with E-state index in [0.717, 1.165) is 11.8 Å². The summed E-state index contributed by atoms with van der Waals surface area (Å²) in [5, 5.41) is 18.1. The molecular formula is C24H19N5O6. The third-order valence-corrected chi connectivity index (χ3v) is 5.08. The molecule has 0 saturated heterocycles. The van der Waals surface area contributed by atoms with Crippen LogP contribution in [0.5, 0.6) is 5.75 Å². The van der Waals surface area contributed by atoms with Gasteiger partial charge in [0.25, 0.3) is 17.2 Å². The zero-order valence-electron chi connectivity index (χ0n) is 18.4. The number of nitrogens with zero attached hydrogens (tertiary/aromatic N) is 3. The van der Waals surface area contributed by atoms with Gasteiger partial charge >= 0.3 is 5.69 Å². The van der Waals surface area contributed by atoms with Crippen LogP contribution in [0, 0.1) is 17.0 Å². The van der Waals surface area contributed by atoms with Crippen molar-refractivity contribution in [1.82, 2.24) is 9.66 Å². The van der Waals surface area contributed by atoms with E-state index in [2.05, 4.69) is 15.4 Å². The monoisotopic (exact) mass is 473 g/mol. The molecule has 0 aliphatic carbocycles. The standard InChI is InChI=1S/C24H19N5O6/c1-15-6-2-4-8-19(15)26-22(30)14-35-21-11-10-17(29(33)34)12-16(21)13-25-28-23(31)18-7-3-5-9-20(18)27-24(28)32/h2-13H,14H2,1H3,(H,26,30)(H,27,32). The van der Waals surface area contributed by atoms with Crippen molar-refractivity contribution in [2.45, 2.75) is 6.92 Å². The quantitative estimate of drug-likeness (QED) is 0.239. The highest BCUT2D eigenvalue weighted by atomic mass is 16.6. The lowest BCUT2D eigenvalue weighted by molar-refractivity contribution is -0.384. The van der Waals surface area contributed by atoms with Crippen LogP contribution in [0.3, 0.4) is 0 Å². The summed E-state index contributed by atoms with van der Waals surface area (Å²) in [6, 6.07) is 17.3. The van der Waals surface area contributed by atoms with Crippen LogP contribution in [-0.2, 0) is 4.79 Å². The fraction of sp³-hybridized carbons (Fsp3) is 0.0833. The normalized spacial score (nSPS) is 11.0. The summed E-state index contributed by atoms with van der Waals surface area (Å²) in [5.74, 6) is -0.340. The van der Waals surface area contributed by atoms with Crippen LogP contribution < -0.4 is 21.3 Å². The molecule has 0 radical (unpaired) electrons. The minimum atomic E-state index is -0.782. The molecule has 0 aliphatic heterocycles. The predicted octanol–water partition coefficient (Wildman–Crippen LogP) is 2.81. The molecule has 11 heteroatoms. The van der Waals surface area contributed by atoms with Gasteiger partial charge in [0.1, 0.15) is 5.75 Å². The number of hydrogen-bond donors (Lipinski definition) is 2. The van der Waals surface area contributed by atoms with Crippen LogP contribution in [0.25, 0.3) is 10.9 Å². The SMILES string of the molecule is Cc1ccccc1NC(=O)COc1ccc([N+](=O)[O-])cc1C=Nn1c(=O)[nH]c2ccccc2c1=O. The highest BCUT2D eigenvalue weighted by Gasteiger charge is 2.13. The van der Waals surface area contributed by atoms with Gasteiger partial charge in [0.05, 0.1) is 22.0 Å². The molecule has 4 rings (SSSR count). The second kappa shape index (κ2) is 9.83. The largest absolute Gasteiger partial charge is 0.483 e. The number of ether oxygens (including phenoxy) is 1. The fourth-order valence-electron chi connectivity index (χ4n) is 3.30. The second-order valence-corrected chi connectivity index (χ2v) is 7.47. The van der Waals surface area contributed by atoms with Crippen molar-refractivity contribution in [2.75, 3.05) is 11.9 Å². The van der Waals surface area contributed by atoms with Crippen molar-refractivity contribution < 1.29 is 14.5 Å². The molecule has 0 unspecified atom stereocenters. The summed E-state index contributed by atoms with van der Waals surface area (Å²) in [5.41, 5.74) is 0.247. The molecule has 0 fully saturated rings. The highest BCUT2D eigenvalue weighted by Crippen LogP contribution is 2.23. The number of aromatic nitrogens is 2. The van der Waals surface area contributed by atoms with Gasteiger partial charge in [-0.05, 0) is 36.8 Å². The number of carbonyl (C=O) groups excluding carboxylic acids is 1. The van der Waals surface area contributed by atoms with Gasteiger partial charge in [-0.15, -0.1) is 4.68 Å². The summed E-state index contributed by atoms with van der Waals surface area (Å²) in [6.45, 7) is 1.46. The average molecular weight is 473 g/mol. The van der Waals surface area contributed by atoms with E-state index >= 15 is 0 Å². The lowest BCUT2D eigenvalue weighted by Gasteiger charge is -2.11. The van der Waals surface area contributed by atoms with Gasteiger partial charge in [-0.2, -0.15) is 5.10 Å². The first-order chi connectivity index (χ1) is 16.8. The number of amides is 1. The van der Waals surface area contributed by atoms with Crippen molar-refractivity contribution in [3.8, 4) is 5.75 Å². The van der Waals surface area contributed by atoms with Gasteiger partial charge < -0.3 is 15.0 Å². The minimum Gasteiger partial charge on any atom is -0.483 e. The number of nitro benzene ring substituents is 1. The van der Waals surface area contributed by atoms with E-state index < -0.39 is 22.1 Å². The van der Waals surface area contributed by atoms with E-state index in [9.17, 15) is 24.5 Å². The van der Waals surface area contributed by atoms with Gasteiger partial charge in [0, 0.05) is 23.4 Å². The number of aromatic amines is 1. The topological polar surface area (TPSA) is 149 Å². The molecule has 3 aromatic carbocycles. The first-order valence-corrected chi connectivity index (χ1v) is 10.4.